The number of morpholine rings is 1. The van der Waals surface area contributed by atoms with E-state index in [1.54, 1.807) is 33.1 Å². The van der Waals surface area contributed by atoms with Gasteiger partial charge in [0.15, 0.2) is 17.1 Å². The number of benzene rings is 1. The minimum atomic E-state index is -2.78. The van der Waals surface area contributed by atoms with Crippen LogP contribution < -0.4 is 16.0 Å². The zero-order chi connectivity index (χ0) is 36.7. The number of hydrogen-bond donors (Lipinski definition) is 6. The van der Waals surface area contributed by atoms with E-state index in [0.717, 1.165) is 0 Å². The minimum absolute atomic E-state index is 0.000240. The van der Waals surface area contributed by atoms with E-state index in [2.05, 4.69) is 5.32 Å². The smallest absolute Gasteiger partial charge is 0.255 e. The molecule has 1 heterocycles. The number of halogens is 1. The standard InChI is InChI=1S/C34H46ClN5O9/c1-14-13-49-10-9-40(14)28(33(2,3)4)32(47)37-22-21(35)23(38(5)6)16-11-15-12-17-24(39(7)8)27(43)20(31(36)46)30(45)34(17,48)29(44)18(15)25(41)19(16)26(22)42/h14-15,17,24,28,42-44,48H,9-13H2,1-8H3,(H2,36,46)(H,37,47)/t14?,15?,17?,24-,28?,34-/m0/s1. The minimum Gasteiger partial charge on any atom is -0.510 e. The molecule has 1 aromatic rings. The zero-order valence-corrected chi connectivity index (χ0v) is 29.8. The molecule has 0 saturated carbocycles. The lowest BCUT2D eigenvalue weighted by Crippen LogP contribution is -2.63. The van der Waals surface area contributed by atoms with Crippen LogP contribution in [0, 0.1) is 17.3 Å². The number of nitrogens with zero attached hydrogens (tertiary/aromatic N) is 3. The number of aliphatic hydroxyl groups excluding tert-OH is 2. The van der Waals surface area contributed by atoms with Gasteiger partial charge in [-0.3, -0.25) is 29.0 Å². The molecule has 5 rings (SSSR count). The van der Waals surface area contributed by atoms with Gasteiger partial charge in [0.2, 0.25) is 11.7 Å². The molecule has 14 nitrogen and oxygen atoms in total. The Balaban J connectivity index is 1.67. The quantitative estimate of drug-likeness (QED) is 0.186. The van der Waals surface area contributed by atoms with Crippen LogP contribution in [-0.2, 0) is 25.5 Å². The average Bonchev–Trinajstić information content (AvgIpc) is 2.97. The first kappa shape index (κ1) is 36.6. The van der Waals surface area contributed by atoms with Gasteiger partial charge in [-0.05, 0) is 50.8 Å². The first-order valence-corrected chi connectivity index (χ1v) is 16.6. The molecule has 0 spiro atoms. The molecule has 4 aliphatic rings. The fourth-order valence-electron chi connectivity index (χ4n) is 8.27. The molecule has 0 aromatic heterocycles. The summed E-state index contributed by atoms with van der Waals surface area (Å²) in [5.41, 5.74) is 1.15. The Morgan fingerprint density at radius 3 is 2.31 bits per heavy atom. The number of rotatable bonds is 6. The molecule has 2 amide bonds. The van der Waals surface area contributed by atoms with Crippen LogP contribution in [0.3, 0.4) is 0 Å². The Bertz CT molecular complexity index is 1700. The van der Waals surface area contributed by atoms with Gasteiger partial charge in [-0.25, -0.2) is 0 Å². The molecule has 49 heavy (non-hydrogen) atoms. The van der Waals surface area contributed by atoms with Crippen LogP contribution in [0.25, 0.3) is 0 Å². The Kier molecular flexibility index (Phi) is 9.39. The number of likely N-dealkylation sites (N-methyl/N-ethyl adjacent to an activating group) is 1. The largest absolute Gasteiger partial charge is 0.510 e. The molecule has 1 aliphatic heterocycles. The van der Waals surface area contributed by atoms with Gasteiger partial charge in [-0.1, -0.05) is 32.4 Å². The average molecular weight is 704 g/mol. The third-order valence-corrected chi connectivity index (χ3v) is 10.7. The number of Topliss-reactive ketones (excluding diaryl/α,β-unsaturated/α-hetero) is 2. The second-order valence-corrected chi connectivity index (χ2v) is 15.4. The molecule has 7 N–H and O–H groups in total. The van der Waals surface area contributed by atoms with Gasteiger partial charge in [0.1, 0.15) is 22.8 Å². The number of fused-ring (bicyclic) bond motifs is 3. The Morgan fingerprint density at radius 2 is 1.78 bits per heavy atom. The number of aliphatic hydroxyl groups is 3. The van der Waals surface area contributed by atoms with Crippen molar-refractivity contribution in [3.8, 4) is 5.75 Å². The molecule has 15 heteroatoms. The number of amides is 2. The predicted molar refractivity (Wildman–Crippen MR) is 182 cm³/mol. The van der Waals surface area contributed by atoms with Crippen molar-refractivity contribution < 1.29 is 44.3 Å². The van der Waals surface area contributed by atoms with Crippen molar-refractivity contribution in [2.75, 3.05) is 58.2 Å². The molecule has 0 radical (unpaired) electrons. The number of aromatic hydroxyl groups is 1. The number of ether oxygens (including phenoxy) is 1. The van der Waals surface area contributed by atoms with E-state index in [9.17, 15) is 39.6 Å². The van der Waals surface area contributed by atoms with Crippen molar-refractivity contribution in [3.63, 3.8) is 0 Å². The highest BCUT2D eigenvalue weighted by Crippen LogP contribution is 2.55. The fraction of sp³-hybridized carbons (Fsp3) is 0.588. The van der Waals surface area contributed by atoms with Crippen LogP contribution in [0.15, 0.2) is 22.7 Å². The Morgan fingerprint density at radius 1 is 1.14 bits per heavy atom. The fourth-order valence-corrected chi connectivity index (χ4v) is 8.69. The van der Waals surface area contributed by atoms with Crippen LogP contribution in [0.1, 0.15) is 50.0 Å². The third-order valence-electron chi connectivity index (χ3n) is 10.3. The SMILES string of the molecule is CC1COCCN1C(C(=O)Nc1c(O)c2c(c(N(C)C)c1Cl)CC1CC3[C@H](N(C)C)C(O)=C(C(N)=O)C(=O)[C@@]3(O)C(O)=C1C2=O)C(C)(C)C. The number of carbonyl (C=O) groups excluding carboxylic acids is 4. The lowest BCUT2D eigenvalue weighted by Gasteiger charge is -2.50. The van der Waals surface area contributed by atoms with Crippen molar-refractivity contribution in [2.45, 2.75) is 64.3 Å². The molecular weight excluding hydrogens is 658 g/mol. The number of primary amides is 1. The maximum absolute atomic E-state index is 14.4. The van der Waals surface area contributed by atoms with Crippen molar-refractivity contribution in [3.05, 3.63) is 38.8 Å². The van der Waals surface area contributed by atoms with Crippen molar-refractivity contribution in [1.29, 1.82) is 0 Å². The summed E-state index contributed by atoms with van der Waals surface area (Å²) in [4.78, 5) is 59.7. The van der Waals surface area contributed by atoms with Crippen LogP contribution in [-0.4, -0.2) is 125 Å². The first-order chi connectivity index (χ1) is 22.7. The summed E-state index contributed by atoms with van der Waals surface area (Å²) in [7, 11) is 6.52. The molecule has 4 unspecified atom stereocenters. The van der Waals surface area contributed by atoms with E-state index in [1.165, 1.54) is 4.90 Å². The summed E-state index contributed by atoms with van der Waals surface area (Å²) in [6.07, 6.45) is -0.0278. The lowest BCUT2D eigenvalue weighted by molar-refractivity contribution is -0.148. The predicted octanol–water partition coefficient (Wildman–Crippen LogP) is 1.91. The zero-order valence-electron chi connectivity index (χ0n) is 29.0. The van der Waals surface area contributed by atoms with Crippen molar-refractivity contribution in [2.24, 2.45) is 23.0 Å². The third kappa shape index (κ3) is 5.57. The van der Waals surface area contributed by atoms with Crippen LogP contribution in [0.4, 0.5) is 11.4 Å². The number of hydrogen-bond acceptors (Lipinski definition) is 12. The second kappa shape index (κ2) is 12.6. The van der Waals surface area contributed by atoms with Gasteiger partial charge in [-0.15, -0.1) is 0 Å². The van der Waals surface area contributed by atoms with E-state index in [4.69, 9.17) is 22.1 Å². The molecule has 6 atom stereocenters. The molecular formula is C34H46ClN5O9. The number of ketones is 2. The van der Waals surface area contributed by atoms with Gasteiger partial charge in [-0.2, -0.15) is 0 Å². The summed E-state index contributed by atoms with van der Waals surface area (Å²) in [5, 5.41) is 49.2. The Labute approximate surface area is 290 Å². The Hall–Kier alpha value is -3.69. The van der Waals surface area contributed by atoms with E-state index in [1.807, 2.05) is 32.6 Å². The van der Waals surface area contributed by atoms with E-state index >= 15 is 0 Å². The number of nitrogens with one attached hydrogen (secondary N) is 1. The van der Waals surface area contributed by atoms with E-state index in [0.29, 0.717) is 31.0 Å². The lowest BCUT2D eigenvalue weighted by atomic mass is 9.58. The highest BCUT2D eigenvalue weighted by Gasteiger charge is 2.63. The summed E-state index contributed by atoms with van der Waals surface area (Å²) < 4.78 is 5.58. The van der Waals surface area contributed by atoms with Crippen LogP contribution in [0.5, 0.6) is 5.75 Å². The summed E-state index contributed by atoms with van der Waals surface area (Å²) in [6, 6.07) is -1.87. The highest BCUT2D eigenvalue weighted by atomic mass is 35.5. The van der Waals surface area contributed by atoms with Crippen molar-refractivity contribution in [1.82, 2.24) is 9.80 Å². The first-order valence-electron chi connectivity index (χ1n) is 16.2. The molecule has 1 fully saturated rings. The molecule has 1 saturated heterocycles. The number of phenols is 1. The van der Waals surface area contributed by atoms with Crippen LogP contribution >= 0.6 is 11.6 Å². The number of phenolic OH excluding ortho intramolecular Hbond substituents is 1. The summed E-state index contributed by atoms with van der Waals surface area (Å²) in [5.74, 6) is -8.18. The number of carbonyl (C=O) groups is 4. The second-order valence-electron chi connectivity index (χ2n) is 15.0. The van der Waals surface area contributed by atoms with Gasteiger partial charge in [0, 0.05) is 38.2 Å². The maximum atomic E-state index is 14.4. The van der Waals surface area contributed by atoms with Gasteiger partial charge in [0.05, 0.1) is 41.6 Å². The molecule has 1 aromatic carbocycles. The number of nitrogens with two attached hydrogens (primary N) is 1. The number of allylic oxidation sites excluding steroid dienone is 1. The van der Waals surface area contributed by atoms with Gasteiger partial charge >= 0.3 is 0 Å². The highest BCUT2D eigenvalue weighted by molar-refractivity contribution is 6.38. The van der Waals surface area contributed by atoms with Gasteiger partial charge < -0.3 is 41.1 Å². The van der Waals surface area contributed by atoms with Crippen molar-refractivity contribution >= 4 is 46.4 Å². The summed E-state index contributed by atoms with van der Waals surface area (Å²) >= 11 is 6.96. The van der Waals surface area contributed by atoms with E-state index < -0.39 is 81.2 Å². The van der Waals surface area contributed by atoms with Gasteiger partial charge in [0.25, 0.3) is 5.91 Å². The normalized spacial score (nSPS) is 28.2. The summed E-state index contributed by atoms with van der Waals surface area (Å²) in [6.45, 7) is 9.10. The number of anilines is 2. The molecule has 268 valence electrons. The monoisotopic (exact) mass is 703 g/mol. The van der Waals surface area contributed by atoms with Crippen LogP contribution in [0.2, 0.25) is 5.02 Å². The van der Waals surface area contributed by atoms with E-state index in [-0.39, 0.29) is 40.7 Å². The molecule has 3 aliphatic carbocycles. The topological polar surface area (TPSA) is 206 Å². The molecule has 0 bridgehead atoms. The maximum Gasteiger partial charge on any atom is 0.255 e.